The number of carbonyl (C=O) groups is 1. The fourth-order valence-corrected chi connectivity index (χ4v) is 4.25. The number of hydrogen-bond acceptors (Lipinski definition) is 4. The van der Waals surface area contributed by atoms with Crippen LogP contribution in [0.2, 0.25) is 0 Å². The summed E-state index contributed by atoms with van der Waals surface area (Å²) in [5.41, 5.74) is 2.88. The third-order valence-electron chi connectivity index (χ3n) is 4.34. The Morgan fingerprint density at radius 2 is 1.92 bits per heavy atom. The van der Waals surface area contributed by atoms with Crippen LogP contribution in [-0.4, -0.2) is 27.5 Å². The molecule has 3 rings (SSSR count). The van der Waals surface area contributed by atoms with E-state index in [9.17, 15) is 13.2 Å². The normalized spacial score (nSPS) is 13.7. The largest absolute Gasteiger partial charge is 0.494 e. The van der Waals surface area contributed by atoms with Gasteiger partial charge in [-0.05, 0) is 68.3 Å². The van der Waals surface area contributed by atoms with Crippen molar-refractivity contribution in [1.29, 1.82) is 0 Å². The average Bonchev–Trinajstić information content (AvgIpc) is 2.90. The summed E-state index contributed by atoms with van der Waals surface area (Å²) in [4.78, 5) is 13.8. The molecule has 0 saturated heterocycles. The molecule has 1 aliphatic heterocycles. The summed E-state index contributed by atoms with van der Waals surface area (Å²) >= 11 is 0. The molecule has 0 saturated carbocycles. The molecule has 1 aliphatic rings. The lowest BCUT2D eigenvalue weighted by Gasteiger charge is -2.15. The van der Waals surface area contributed by atoms with Crippen molar-refractivity contribution < 1.29 is 17.9 Å². The van der Waals surface area contributed by atoms with Gasteiger partial charge in [0.25, 0.3) is 10.0 Å². The molecule has 1 amide bonds. The molecule has 0 unspecified atom stereocenters. The fraction of sp³-hybridized carbons (Fsp3) is 0.316. The second-order valence-electron chi connectivity index (χ2n) is 6.12. The van der Waals surface area contributed by atoms with Gasteiger partial charge in [-0.2, -0.15) is 0 Å². The molecule has 6 nitrogen and oxygen atoms in total. The molecule has 0 aromatic heterocycles. The number of hydrogen-bond donors (Lipinski definition) is 1. The first-order valence-electron chi connectivity index (χ1n) is 8.55. The van der Waals surface area contributed by atoms with Gasteiger partial charge in [0, 0.05) is 17.9 Å². The number of aryl methyl sites for hydroxylation is 1. The summed E-state index contributed by atoms with van der Waals surface area (Å²) in [6.45, 7) is 6.72. The van der Waals surface area contributed by atoms with E-state index in [4.69, 9.17) is 4.74 Å². The Balaban J connectivity index is 1.86. The Morgan fingerprint density at radius 1 is 1.15 bits per heavy atom. The Bertz CT molecular complexity index is 954. The van der Waals surface area contributed by atoms with Crippen molar-refractivity contribution in [3.05, 3.63) is 47.5 Å². The van der Waals surface area contributed by atoms with Gasteiger partial charge in [-0.25, -0.2) is 8.42 Å². The first-order chi connectivity index (χ1) is 12.4. The zero-order chi connectivity index (χ0) is 18.9. The second-order valence-corrected chi connectivity index (χ2v) is 7.81. The van der Waals surface area contributed by atoms with Gasteiger partial charge in [-0.15, -0.1) is 0 Å². The van der Waals surface area contributed by atoms with Crippen LogP contribution in [-0.2, 0) is 21.2 Å². The van der Waals surface area contributed by atoms with Gasteiger partial charge in [0.05, 0.1) is 17.9 Å². The lowest BCUT2D eigenvalue weighted by atomic mass is 10.1. The minimum atomic E-state index is -3.72. The van der Waals surface area contributed by atoms with Crippen LogP contribution in [0.1, 0.15) is 25.0 Å². The lowest BCUT2D eigenvalue weighted by molar-refractivity contribution is -0.117. The fourth-order valence-electron chi connectivity index (χ4n) is 3.11. The summed E-state index contributed by atoms with van der Waals surface area (Å²) in [7, 11) is -3.72. The zero-order valence-corrected chi connectivity index (χ0v) is 15.9. The average molecular weight is 374 g/mol. The van der Waals surface area contributed by atoms with Gasteiger partial charge in [-0.3, -0.25) is 9.52 Å². The number of nitrogens with zero attached hydrogens (tertiary/aromatic N) is 1. The molecule has 0 bridgehead atoms. The number of ether oxygens (including phenoxy) is 1. The third kappa shape index (κ3) is 3.39. The van der Waals surface area contributed by atoms with E-state index >= 15 is 0 Å². The number of amides is 1. The number of rotatable bonds is 6. The Kier molecular flexibility index (Phi) is 4.91. The highest BCUT2D eigenvalue weighted by Crippen LogP contribution is 2.32. The van der Waals surface area contributed by atoms with Crippen LogP contribution in [0.3, 0.4) is 0 Å². The first-order valence-corrected chi connectivity index (χ1v) is 10.0. The Labute approximate surface area is 153 Å². The number of carbonyl (C=O) groups excluding carboxylic acids is 1. The van der Waals surface area contributed by atoms with Gasteiger partial charge in [0.15, 0.2) is 0 Å². The second kappa shape index (κ2) is 6.99. The first kappa shape index (κ1) is 18.3. The molecular weight excluding hydrogens is 352 g/mol. The van der Waals surface area contributed by atoms with E-state index < -0.39 is 10.0 Å². The van der Waals surface area contributed by atoms with E-state index in [2.05, 4.69) is 4.72 Å². The Hall–Kier alpha value is -2.54. The van der Waals surface area contributed by atoms with E-state index in [0.29, 0.717) is 31.0 Å². The summed E-state index contributed by atoms with van der Waals surface area (Å²) in [5.74, 6) is 0.701. The molecule has 0 radical (unpaired) electrons. The van der Waals surface area contributed by atoms with E-state index in [1.807, 2.05) is 20.8 Å². The van der Waals surface area contributed by atoms with Crippen molar-refractivity contribution in [1.82, 2.24) is 0 Å². The van der Waals surface area contributed by atoms with Crippen LogP contribution >= 0.6 is 0 Å². The monoisotopic (exact) mass is 374 g/mol. The van der Waals surface area contributed by atoms with Crippen molar-refractivity contribution in [3.8, 4) is 5.75 Å². The number of sulfonamides is 1. The van der Waals surface area contributed by atoms with Crippen LogP contribution in [0.4, 0.5) is 11.4 Å². The molecule has 2 aromatic carbocycles. The van der Waals surface area contributed by atoms with Crippen molar-refractivity contribution in [2.24, 2.45) is 0 Å². The number of fused-ring (bicyclic) bond motifs is 1. The molecule has 26 heavy (non-hydrogen) atoms. The SMILES string of the molecule is CCOc1ccc(S(=O)(=O)Nc2ccc3c(c2)CC(=O)N3CC)cc1C. The summed E-state index contributed by atoms with van der Waals surface area (Å²) in [6, 6.07) is 9.96. The lowest BCUT2D eigenvalue weighted by Crippen LogP contribution is -2.25. The molecule has 2 aromatic rings. The van der Waals surface area contributed by atoms with Crippen LogP contribution in [0.15, 0.2) is 41.3 Å². The Morgan fingerprint density at radius 3 is 2.58 bits per heavy atom. The smallest absolute Gasteiger partial charge is 0.261 e. The summed E-state index contributed by atoms with van der Waals surface area (Å²) in [6.07, 6.45) is 0.293. The summed E-state index contributed by atoms with van der Waals surface area (Å²) in [5, 5.41) is 0. The van der Waals surface area contributed by atoms with Crippen LogP contribution in [0.5, 0.6) is 5.75 Å². The molecule has 0 fully saturated rings. The van der Waals surface area contributed by atoms with Gasteiger partial charge in [0.2, 0.25) is 5.91 Å². The predicted octanol–water partition coefficient (Wildman–Crippen LogP) is 3.10. The van der Waals surface area contributed by atoms with E-state index in [1.165, 1.54) is 6.07 Å². The highest BCUT2D eigenvalue weighted by Gasteiger charge is 2.26. The maximum Gasteiger partial charge on any atom is 0.261 e. The molecule has 1 N–H and O–H groups in total. The van der Waals surface area contributed by atoms with Crippen LogP contribution in [0.25, 0.3) is 0 Å². The number of benzene rings is 2. The predicted molar refractivity (Wildman–Crippen MR) is 101 cm³/mol. The number of anilines is 2. The van der Waals surface area contributed by atoms with Gasteiger partial charge in [0.1, 0.15) is 5.75 Å². The maximum atomic E-state index is 12.7. The molecule has 1 heterocycles. The van der Waals surface area contributed by atoms with Crippen molar-refractivity contribution in [2.75, 3.05) is 22.8 Å². The zero-order valence-electron chi connectivity index (χ0n) is 15.1. The molecule has 7 heteroatoms. The molecule has 0 aliphatic carbocycles. The molecule has 0 atom stereocenters. The van der Waals surface area contributed by atoms with Crippen LogP contribution in [0, 0.1) is 6.92 Å². The van der Waals surface area contributed by atoms with Crippen LogP contribution < -0.4 is 14.4 Å². The standard InChI is InChI=1S/C19H22N2O4S/c1-4-21-17-8-6-15(11-14(17)12-19(21)22)20-26(23,24)16-7-9-18(25-5-2)13(3)10-16/h6-11,20H,4-5,12H2,1-3H3. The minimum Gasteiger partial charge on any atom is -0.494 e. The molecule has 138 valence electrons. The van der Waals surface area contributed by atoms with Crippen molar-refractivity contribution in [2.45, 2.75) is 32.1 Å². The van der Waals surface area contributed by atoms with E-state index in [-0.39, 0.29) is 10.8 Å². The highest BCUT2D eigenvalue weighted by molar-refractivity contribution is 7.92. The summed E-state index contributed by atoms with van der Waals surface area (Å²) < 4.78 is 33.4. The minimum absolute atomic E-state index is 0.0321. The van der Waals surface area contributed by atoms with Gasteiger partial charge >= 0.3 is 0 Å². The molecular formula is C19H22N2O4S. The topological polar surface area (TPSA) is 75.7 Å². The maximum absolute atomic E-state index is 12.7. The highest BCUT2D eigenvalue weighted by atomic mass is 32.2. The van der Waals surface area contributed by atoms with Gasteiger partial charge in [-0.1, -0.05) is 0 Å². The number of likely N-dealkylation sites (N-methyl/N-ethyl adjacent to an activating group) is 1. The van der Waals surface area contributed by atoms with Gasteiger partial charge < -0.3 is 9.64 Å². The van der Waals surface area contributed by atoms with Crippen molar-refractivity contribution >= 4 is 27.3 Å². The number of nitrogens with one attached hydrogen (secondary N) is 1. The third-order valence-corrected chi connectivity index (χ3v) is 5.72. The van der Waals surface area contributed by atoms with E-state index in [1.54, 1.807) is 35.2 Å². The van der Waals surface area contributed by atoms with Crippen molar-refractivity contribution in [3.63, 3.8) is 0 Å². The quantitative estimate of drug-likeness (QED) is 0.843. The van der Waals surface area contributed by atoms with E-state index in [0.717, 1.165) is 16.8 Å². The molecule has 0 spiro atoms.